The van der Waals surface area contributed by atoms with E-state index in [0.29, 0.717) is 6.42 Å². The zero-order chi connectivity index (χ0) is 8.77. The molecule has 12 heavy (non-hydrogen) atoms. The van der Waals surface area contributed by atoms with Gasteiger partial charge < -0.3 is 5.11 Å². The molecule has 2 rings (SSSR count). The second-order valence-corrected chi connectivity index (χ2v) is 3.80. The number of carbonyl (C=O) groups excluding carboxylic acids is 1. The van der Waals surface area contributed by atoms with Gasteiger partial charge in [0, 0.05) is 6.42 Å². The summed E-state index contributed by atoms with van der Waals surface area (Å²) in [6.07, 6.45) is 3.16. The fraction of sp³-hybridized carbons (Fsp3) is 0.875. The first-order valence-corrected chi connectivity index (χ1v) is 4.37. The van der Waals surface area contributed by atoms with E-state index in [1.54, 1.807) is 0 Å². The molecule has 2 aliphatic rings. The van der Waals surface area contributed by atoms with Gasteiger partial charge in [-0.2, -0.15) is 0 Å². The lowest BCUT2D eigenvalue weighted by Crippen LogP contribution is -2.41. The Kier molecular flexibility index (Phi) is 1.63. The van der Waals surface area contributed by atoms with Crippen molar-refractivity contribution < 1.29 is 15.1 Å². The number of carbonyl (C=O) groups is 1. The topological polar surface area (TPSA) is 60.8 Å². The normalized spacial score (nSPS) is 33.7. The third-order valence-electron chi connectivity index (χ3n) is 3.05. The van der Waals surface area contributed by atoms with Crippen LogP contribution < -0.4 is 0 Å². The number of amides is 1. The predicted molar refractivity (Wildman–Crippen MR) is 40.5 cm³/mol. The first-order valence-electron chi connectivity index (χ1n) is 4.37. The quantitative estimate of drug-likeness (QED) is 0.515. The second kappa shape index (κ2) is 2.44. The van der Waals surface area contributed by atoms with Crippen molar-refractivity contribution in [2.75, 3.05) is 0 Å². The van der Waals surface area contributed by atoms with Crippen molar-refractivity contribution in [1.82, 2.24) is 5.06 Å². The molecular weight excluding hydrogens is 158 g/mol. The van der Waals surface area contributed by atoms with Gasteiger partial charge in [0.25, 0.3) is 5.91 Å². The molecule has 1 atom stereocenters. The van der Waals surface area contributed by atoms with Crippen LogP contribution in [0.4, 0.5) is 0 Å². The predicted octanol–water partition coefficient (Wildman–Crippen LogP) is 0.282. The molecule has 0 aromatic carbocycles. The van der Waals surface area contributed by atoms with Crippen LogP contribution in [0.15, 0.2) is 0 Å². The van der Waals surface area contributed by atoms with E-state index in [9.17, 15) is 15.1 Å². The maximum absolute atomic E-state index is 11.1. The van der Waals surface area contributed by atoms with E-state index < -0.39 is 17.6 Å². The minimum absolute atomic E-state index is 0.405. The summed E-state index contributed by atoms with van der Waals surface area (Å²) in [6, 6.07) is 0. The summed E-state index contributed by atoms with van der Waals surface area (Å²) in [6.45, 7) is 0. The number of rotatable bonds is 0. The van der Waals surface area contributed by atoms with E-state index in [1.807, 2.05) is 0 Å². The average molecular weight is 171 g/mol. The molecule has 4 heteroatoms. The summed E-state index contributed by atoms with van der Waals surface area (Å²) in [5, 5.41) is 19.5. The summed E-state index contributed by atoms with van der Waals surface area (Å²) in [5.74, 6) is -0.531. The lowest BCUT2D eigenvalue weighted by molar-refractivity contribution is -0.182. The van der Waals surface area contributed by atoms with Crippen LogP contribution in [0.2, 0.25) is 0 Å². The van der Waals surface area contributed by atoms with Crippen molar-refractivity contribution in [3.63, 3.8) is 0 Å². The highest BCUT2D eigenvalue weighted by Gasteiger charge is 2.51. The van der Waals surface area contributed by atoms with E-state index in [0.717, 1.165) is 30.7 Å². The fourth-order valence-electron chi connectivity index (χ4n) is 2.36. The number of aliphatic hydroxyl groups is 1. The van der Waals surface area contributed by atoms with E-state index >= 15 is 0 Å². The molecule has 0 aromatic heterocycles. The van der Waals surface area contributed by atoms with E-state index in [4.69, 9.17) is 0 Å². The van der Waals surface area contributed by atoms with Crippen molar-refractivity contribution in [2.45, 2.75) is 43.7 Å². The van der Waals surface area contributed by atoms with Gasteiger partial charge in [0.15, 0.2) is 0 Å². The van der Waals surface area contributed by atoms with Crippen LogP contribution in [0.3, 0.4) is 0 Å². The molecule has 0 aromatic rings. The maximum atomic E-state index is 11.1. The van der Waals surface area contributed by atoms with Gasteiger partial charge in [0.05, 0.1) is 5.54 Å². The van der Waals surface area contributed by atoms with E-state index in [2.05, 4.69) is 0 Å². The van der Waals surface area contributed by atoms with Crippen LogP contribution in [0.5, 0.6) is 0 Å². The third-order valence-corrected chi connectivity index (χ3v) is 3.05. The summed E-state index contributed by atoms with van der Waals surface area (Å²) >= 11 is 0. The Balaban J connectivity index is 2.23. The highest BCUT2D eigenvalue weighted by molar-refractivity contribution is 5.83. The molecule has 1 aliphatic heterocycles. The van der Waals surface area contributed by atoms with Gasteiger partial charge in [0.2, 0.25) is 0 Å². The SMILES string of the molecule is O=C1C(O)CC2(CCCC2)N1O. The Hall–Kier alpha value is -0.610. The van der Waals surface area contributed by atoms with Crippen LogP contribution in [0.25, 0.3) is 0 Å². The molecule has 1 spiro atoms. The number of hydroxylamine groups is 2. The smallest absolute Gasteiger partial charge is 0.275 e. The Morgan fingerprint density at radius 2 is 2.00 bits per heavy atom. The molecule has 1 saturated heterocycles. The van der Waals surface area contributed by atoms with Gasteiger partial charge in [-0.15, -0.1) is 0 Å². The molecule has 2 N–H and O–H groups in total. The van der Waals surface area contributed by atoms with Crippen molar-refractivity contribution in [1.29, 1.82) is 0 Å². The zero-order valence-corrected chi connectivity index (χ0v) is 6.86. The lowest BCUT2D eigenvalue weighted by atomic mass is 9.95. The minimum atomic E-state index is -0.979. The van der Waals surface area contributed by atoms with Crippen LogP contribution in [0.1, 0.15) is 32.1 Å². The average Bonchev–Trinajstić information content (AvgIpc) is 2.57. The van der Waals surface area contributed by atoms with Crippen LogP contribution in [-0.4, -0.2) is 32.9 Å². The Morgan fingerprint density at radius 3 is 2.42 bits per heavy atom. The summed E-state index contributed by atoms with van der Waals surface area (Å²) in [4.78, 5) is 11.1. The highest BCUT2D eigenvalue weighted by atomic mass is 16.5. The molecule has 0 radical (unpaired) electrons. The van der Waals surface area contributed by atoms with Crippen molar-refractivity contribution >= 4 is 5.91 Å². The second-order valence-electron chi connectivity index (χ2n) is 3.80. The molecule has 0 bridgehead atoms. The number of aliphatic hydroxyl groups excluding tert-OH is 1. The van der Waals surface area contributed by atoms with Gasteiger partial charge in [0.1, 0.15) is 6.10 Å². The fourth-order valence-corrected chi connectivity index (χ4v) is 2.36. The van der Waals surface area contributed by atoms with Gasteiger partial charge >= 0.3 is 0 Å². The van der Waals surface area contributed by atoms with Gasteiger partial charge in [-0.1, -0.05) is 12.8 Å². The molecule has 1 unspecified atom stereocenters. The van der Waals surface area contributed by atoms with Crippen molar-refractivity contribution in [2.24, 2.45) is 0 Å². The molecule has 1 aliphatic carbocycles. The molecule has 1 saturated carbocycles. The lowest BCUT2D eigenvalue weighted by Gasteiger charge is -2.28. The van der Waals surface area contributed by atoms with Gasteiger partial charge in [-0.3, -0.25) is 10.0 Å². The molecule has 4 nitrogen and oxygen atoms in total. The largest absolute Gasteiger partial charge is 0.383 e. The monoisotopic (exact) mass is 171 g/mol. The molecule has 1 heterocycles. The first-order chi connectivity index (χ1) is 5.66. The minimum Gasteiger partial charge on any atom is -0.383 e. The Morgan fingerprint density at radius 1 is 1.42 bits per heavy atom. The molecule has 2 fully saturated rings. The molecule has 68 valence electrons. The first kappa shape index (κ1) is 8.01. The van der Waals surface area contributed by atoms with Crippen LogP contribution >= 0.6 is 0 Å². The maximum Gasteiger partial charge on any atom is 0.275 e. The summed E-state index contributed by atoms with van der Waals surface area (Å²) < 4.78 is 0. The third kappa shape index (κ3) is 0.881. The van der Waals surface area contributed by atoms with Gasteiger partial charge in [-0.05, 0) is 12.8 Å². The van der Waals surface area contributed by atoms with Crippen LogP contribution in [-0.2, 0) is 4.79 Å². The van der Waals surface area contributed by atoms with Crippen molar-refractivity contribution in [3.8, 4) is 0 Å². The zero-order valence-electron chi connectivity index (χ0n) is 6.86. The highest BCUT2D eigenvalue weighted by Crippen LogP contribution is 2.42. The molecule has 1 amide bonds. The van der Waals surface area contributed by atoms with Gasteiger partial charge in [-0.25, -0.2) is 5.06 Å². The Bertz CT molecular complexity index is 210. The van der Waals surface area contributed by atoms with Crippen LogP contribution in [0, 0.1) is 0 Å². The number of nitrogens with zero attached hydrogens (tertiary/aromatic N) is 1. The van der Waals surface area contributed by atoms with Crippen molar-refractivity contribution in [3.05, 3.63) is 0 Å². The Labute approximate surface area is 70.7 Å². The molecular formula is C8H13NO3. The van der Waals surface area contributed by atoms with E-state index in [-0.39, 0.29) is 0 Å². The summed E-state index contributed by atoms with van der Waals surface area (Å²) in [5.41, 5.74) is -0.420. The summed E-state index contributed by atoms with van der Waals surface area (Å²) in [7, 11) is 0. The number of hydrogen-bond acceptors (Lipinski definition) is 3. The standard InChI is InChI=1S/C8H13NO3/c10-6-5-8(3-1-2-4-8)9(12)7(6)11/h6,10,12H,1-5H2. The van der Waals surface area contributed by atoms with E-state index in [1.165, 1.54) is 0 Å². The number of hydrogen-bond donors (Lipinski definition) is 2.